The van der Waals surface area contributed by atoms with E-state index in [9.17, 15) is 17.6 Å². The van der Waals surface area contributed by atoms with Gasteiger partial charge >= 0.3 is 0 Å². The minimum absolute atomic E-state index is 0.0689. The van der Waals surface area contributed by atoms with Crippen molar-refractivity contribution >= 4 is 11.1 Å². The van der Waals surface area contributed by atoms with E-state index in [1.165, 1.54) is 19.1 Å². The monoisotopic (exact) mass is 388 g/mol. The highest BCUT2D eigenvalue weighted by molar-refractivity contribution is 5.80. The fraction of sp³-hybridized carbons (Fsp3) is 0.304. The zero-order chi connectivity index (χ0) is 20.0. The number of aryl methyl sites for hydroxylation is 1. The van der Waals surface area contributed by atoms with Crippen LogP contribution in [0.2, 0.25) is 0 Å². The highest BCUT2D eigenvalue weighted by atomic mass is 19.2. The van der Waals surface area contributed by atoms with Gasteiger partial charge in [-0.25, -0.2) is 13.2 Å². The average molecular weight is 388 g/mol. The van der Waals surface area contributed by atoms with Gasteiger partial charge in [-0.1, -0.05) is 24.3 Å². The van der Waals surface area contributed by atoms with Gasteiger partial charge in [-0.15, -0.1) is 0 Å². The quantitative estimate of drug-likeness (QED) is 0.547. The van der Waals surface area contributed by atoms with E-state index in [0.717, 1.165) is 5.57 Å². The molecule has 0 saturated heterocycles. The van der Waals surface area contributed by atoms with Crippen molar-refractivity contribution in [3.8, 4) is 5.75 Å². The zero-order valence-electron chi connectivity index (χ0n) is 15.7. The summed E-state index contributed by atoms with van der Waals surface area (Å²) >= 11 is 0. The van der Waals surface area contributed by atoms with E-state index in [4.69, 9.17) is 4.74 Å². The Morgan fingerprint density at radius 3 is 1.89 bits per heavy atom. The molecule has 0 N–H and O–H groups in total. The number of allylic oxidation sites excluding steroid dienone is 4. The Kier molecular flexibility index (Phi) is 4.77. The molecule has 146 valence electrons. The second kappa shape index (κ2) is 7.12. The molecule has 4 rings (SSSR count). The third-order valence-corrected chi connectivity index (χ3v) is 5.71. The van der Waals surface area contributed by atoms with Gasteiger partial charge in [0.1, 0.15) is 0 Å². The van der Waals surface area contributed by atoms with E-state index in [-0.39, 0.29) is 40.9 Å². The van der Waals surface area contributed by atoms with Crippen molar-refractivity contribution < 1.29 is 22.3 Å². The molecule has 0 amide bonds. The molecule has 5 heteroatoms. The van der Waals surface area contributed by atoms with Gasteiger partial charge in [-0.05, 0) is 67.4 Å². The number of fused-ring (bicyclic) bond motifs is 1. The normalized spacial score (nSPS) is 20.8. The van der Waals surface area contributed by atoms with Crippen molar-refractivity contribution in [3.05, 3.63) is 76.4 Å². The summed E-state index contributed by atoms with van der Waals surface area (Å²) in [6.45, 7) is 3.47. The summed E-state index contributed by atoms with van der Waals surface area (Å²) in [5.74, 6) is -3.88. The fourth-order valence-electron chi connectivity index (χ4n) is 4.34. The first-order valence-electron chi connectivity index (χ1n) is 9.40. The Bertz CT molecular complexity index is 1010. The van der Waals surface area contributed by atoms with Gasteiger partial charge in [0.15, 0.2) is 23.2 Å². The van der Waals surface area contributed by atoms with Crippen molar-refractivity contribution in [3.63, 3.8) is 0 Å². The van der Waals surface area contributed by atoms with Crippen LogP contribution in [0.3, 0.4) is 0 Å². The van der Waals surface area contributed by atoms with Crippen LogP contribution in [0, 0.1) is 42.0 Å². The first-order chi connectivity index (χ1) is 13.4. The molecule has 0 fully saturated rings. The minimum atomic E-state index is -0.999. The summed E-state index contributed by atoms with van der Waals surface area (Å²) in [6, 6.07) is 6.12. The lowest BCUT2D eigenvalue weighted by Gasteiger charge is -2.20. The first-order valence-corrected chi connectivity index (χ1v) is 9.40. The number of hydrogen-bond donors (Lipinski definition) is 0. The van der Waals surface area contributed by atoms with Crippen molar-refractivity contribution in [2.75, 3.05) is 6.61 Å². The van der Waals surface area contributed by atoms with E-state index in [1.807, 2.05) is 12.2 Å². The van der Waals surface area contributed by atoms with Gasteiger partial charge in [0, 0.05) is 11.1 Å². The van der Waals surface area contributed by atoms with E-state index in [1.54, 1.807) is 19.1 Å². The molecule has 0 unspecified atom stereocenters. The summed E-state index contributed by atoms with van der Waals surface area (Å²) in [4.78, 5) is 0. The number of ether oxygens (including phenoxy) is 1. The molecule has 2 aromatic carbocycles. The Balaban J connectivity index is 1.64. The lowest BCUT2D eigenvalue weighted by molar-refractivity contribution is 0.314. The SMILES string of the molecule is CCOc1ccc(C2=CC[C@H]3C(c4ccc(C)c(F)c4F)=CC[C@@H]23)c(F)c1F. The van der Waals surface area contributed by atoms with Crippen LogP contribution in [0.15, 0.2) is 36.4 Å². The van der Waals surface area contributed by atoms with Crippen LogP contribution in [-0.4, -0.2) is 6.61 Å². The van der Waals surface area contributed by atoms with Gasteiger partial charge in [-0.3, -0.25) is 0 Å². The summed E-state index contributed by atoms with van der Waals surface area (Å²) in [7, 11) is 0. The average Bonchev–Trinajstić information content (AvgIpc) is 3.27. The van der Waals surface area contributed by atoms with Crippen LogP contribution in [0.5, 0.6) is 5.75 Å². The van der Waals surface area contributed by atoms with Crippen molar-refractivity contribution in [2.45, 2.75) is 26.7 Å². The Hall–Kier alpha value is -2.56. The van der Waals surface area contributed by atoms with E-state index in [0.29, 0.717) is 18.4 Å². The van der Waals surface area contributed by atoms with Gasteiger partial charge < -0.3 is 4.74 Å². The number of benzene rings is 2. The third-order valence-electron chi connectivity index (χ3n) is 5.71. The maximum Gasteiger partial charge on any atom is 0.201 e. The highest BCUT2D eigenvalue weighted by Gasteiger charge is 2.39. The van der Waals surface area contributed by atoms with Gasteiger partial charge in [0.2, 0.25) is 5.82 Å². The molecule has 0 saturated carbocycles. The standard InChI is InChI=1S/C23H20F4O/c1-3-28-19-11-10-18(22(26)23(19)27)16-9-7-13-14(16)6-8-15(13)17-5-4-12(2)20(24)21(17)25/h4-5,8-11,13-14H,3,6-7H2,1-2H3/t13-,14-/m1/s1. The Morgan fingerprint density at radius 2 is 1.32 bits per heavy atom. The summed E-state index contributed by atoms with van der Waals surface area (Å²) < 4.78 is 62.5. The topological polar surface area (TPSA) is 9.23 Å². The second-order valence-corrected chi connectivity index (χ2v) is 7.23. The number of halogens is 4. The molecule has 0 heterocycles. The fourth-order valence-corrected chi connectivity index (χ4v) is 4.34. The van der Waals surface area contributed by atoms with Crippen LogP contribution in [0.4, 0.5) is 17.6 Å². The van der Waals surface area contributed by atoms with Crippen molar-refractivity contribution in [1.29, 1.82) is 0 Å². The van der Waals surface area contributed by atoms with Crippen LogP contribution in [0.25, 0.3) is 11.1 Å². The van der Waals surface area contributed by atoms with Crippen molar-refractivity contribution in [1.82, 2.24) is 0 Å². The van der Waals surface area contributed by atoms with E-state index < -0.39 is 23.3 Å². The lowest BCUT2D eigenvalue weighted by Crippen LogP contribution is -2.09. The number of hydrogen-bond acceptors (Lipinski definition) is 1. The Morgan fingerprint density at radius 1 is 0.786 bits per heavy atom. The lowest BCUT2D eigenvalue weighted by atomic mass is 9.85. The molecule has 1 nitrogen and oxygen atoms in total. The highest BCUT2D eigenvalue weighted by Crippen LogP contribution is 2.52. The molecule has 2 atom stereocenters. The molecular weight excluding hydrogens is 368 g/mol. The number of rotatable bonds is 4. The first kappa shape index (κ1) is 18.8. The maximum absolute atomic E-state index is 14.7. The molecule has 2 aliphatic rings. The summed E-state index contributed by atoms with van der Waals surface area (Å²) in [5, 5.41) is 0. The summed E-state index contributed by atoms with van der Waals surface area (Å²) in [5.41, 5.74) is 2.17. The molecule has 0 radical (unpaired) electrons. The van der Waals surface area contributed by atoms with Crippen LogP contribution in [0.1, 0.15) is 36.5 Å². The molecule has 0 spiro atoms. The van der Waals surface area contributed by atoms with E-state index in [2.05, 4.69) is 0 Å². The molecule has 28 heavy (non-hydrogen) atoms. The van der Waals surface area contributed by atoms with Crippen LogP contribution in [-0.2, 0) is 0 Å². The third kappa shape index (κ3) is 2.84. The van der Waals surface area contributed by atoms with Crippen LogP contribution < -0.4 is 4.74 Å². The smallest absolute Gasteiger partial charge is 0.201 e. The zero-order valence-corrected chi connectivity index (χ0v) is 15.7. The minimum Gasteiger partial charge on any atom is -0.491 e. The van der Waals surface area contributed by atoms with Crippen LogP contribution >= 0.6 is 0 Å². The Labute approximate surface area is 161 Å². The largest absolute Gasteiger partial charge is 0.491 e. The predicted octanol–water partition coefficient (Wildman–Crippen LogP) is 6.46. The molecule has 0 aliphatic heterocycles. The molecule has 0 bridgehead atoms. The maximum atomic E-state index is 14.7. The molecular formula is C23H20F4O. The van der Waals surface area contributed by atoms with Crippen molar-refractivity contribution in [2.24, 2.45) is 11.8 Å². The van der Waals surface area contributed by atoms with Gasteiger partial charge in [0.25, 0.3) is 0 Å². The predicted molar refractivity (Wildman–Crippen MR) is 101 cm³/mol. The molecule has 0 aromatic heterocycles. The molecule has 2 aliphatic carbocycles. The second-order valence-electron chi connectivity index (χ2n) is 7.23. The van der Waals surface area contributed by atoms with Gasteiger partial charge in [-0.2, -0.15) is 4.39 Å². The van der Waals surface area contributed by atoms with E-state index >= 15 is 0 Å². The van der Waals surface area contributed by atoms with Gasteiger partial charge in [0.05, 0.1) is 6.61 Å². The summed E-state index contributed by atoms with van der Waals surface area (Å²) in [6.07, 6.45) is 4.92. The molecule has 2 aromatic rings.